The molecular weight excluding hydrogens is 300 g/mol. The van der Waals surface area contributed by atoms with Crippen molar-refractivity contribution in [3.63, 3.8) is 0 Å². The number of piperidine rings is 1. The standard InChI is InChI=1S/C19H24N4O/c1-2-17(15-9-5-3-6-10-15)18(24)22-16-13-20-19(21-14-16)23-11-7-4-8-12-23/h3,5-6,9-10,13-14,17H,2,4,7-8,11-12H2,1H3,(H,22,24). The van der Waals surface area contributed by atoms with E-state index >= 15 is 0 Å². The Labute approximate surface area is 143 Å². The van der Waals surface area contributed by atoms with Gasteiger partial charge in [0.25, 0.3) is 0 Å². The van der Waals surface area contributed by atoms with Gasteiger partial charge in [-0.25, -0.2) is 9.97 Å². The minimum atomic E-state index is -0.159. The highest BCUT2D eigenvalue weighted by Crippen LogP contribution is 2.22. The lowest BCUT2D eigenvalue weighted by Gasteiger charge is -2.26. The minimum absolute atomic E-state index is 0.0157. The maximum Gasteiger partial charge on any atom is 0.231 e. The highest BCUT2D eigenvalue weighted by molar-refractivity contribution is 5.95. The zero-order valence-electron chi connectivity index (χ0n) is 14.1. The maximum atomic E-state index is 12.6. The lowest BCUT2D eigenvalue weighted by molar-refractivity contribution is -0.117. The Morgan fingerprint density at radius 2 is 1.79 bits per heavy atom. The van der Waals surface area contributed by atoms with Crippen LogP contribution < -0.4 is 10.2 Å². The van der Waals surface area contributed by atoms with E-state index in [4.69, 9.17) is 0 Å². The van der Waals surface area contributed by atoms with E-state index in [1.54, 1.807) is 12.4 Å². The molecule has 1 N–H and O–H groups in total. The molecule has 2 heterocycles. The van der Waals surface area contributed by atoms with E-state index < -0.39 is 0 Å². The lowest BCUT2D eigenvalue weighted by atomic mass is 9.95. The van der Waals surface area contributed by atoms with Crippen molar-refractivity contribution in [3.05, 3.63) is 48.3 Å². The highest BCUT2D eigenvalue weighted by atomic mass is 16.1. The molecule has 1 atom stereocenters. The molecule has 1 fully saturated rings. The van der Waals surface area contributed by atoms with Gasteiger partial charge in [-0.1, -0.05) is 37.3 Å². The molecule has 0 saturated carbocycles. The van der Waals surface area contributed by atoms with Crippen LogP contribution in [0.4, 0.5) is 11.6 Å². The van der Waals surface area contributed by atoms with Gasteiger partial charge in [0.1, 0.15) is 0 Å². The van der Waals surface area contributed by atoms with Crippen molar-refractivity contribution in [1.29, 1.82) is 0 Å². The van der Waals surface area contributed by atoms with E-state index in [0.717, 1.165) is 31.0 Å². The second-order valence-electron chi connectivity index (χ2n) is 6.18. The number of carbonyl (C=O) groups excluding carboxylic acids is 1. The number of anilines is 2. The van der Waals surface area contributed by atoms with Crippen LogP contribution in [-0.4, -0.2) is 29.0 Å². The van der Waals surface area contributed by atoms with Gasteiger partial charge in [-0.3, -0.25) is 4.79 Å². The third-order valence-electron chi connectivity index (χ3n) is 4.47. The van der Waals surface area contributed by atoms with Gasteiger partial charge in [0.05, 0.1) is 24.0 Å². The average Bonchev–Trinajstić information content (AvgIpc) is 2.64. The van der Waals surface area contributed by atoms with Gasteiger partial charge in [-0.2, -0.15) is 0 Å². The summed E-state index contributed by atoms with van der Waals surface area (Å²) in [6.07, 6.45) is 7.82. The molecule has 5 nitrogen and oxygen atoms in total. The Kier molecular flexibility index (Phi) is 5.41. The second kappa shape index (κ2) is 7.90. The smallest absolute Gasteiger partial charge is 0.231 e. The first-order valence-electron chi connectivity index (χ1n) is 8.70. The van der Waals surface area contributed by atoms with E-state index in [1.165, 1.54) is 19.3 Å². The fourth-order valence-electron chi connectivity index (χ4n) is 3.13. The van der Waals surface area contributed by atoms with Crippen molar-refractivity contribution in [3.8, 4) is 0 Å². The molecule has 3 rings (SSSR count). The van der Waals surface area contributed by atoms with Crippen LogP contribution in [0.2, 0.25) is 0 Å². The number of hydrogen-bond donors (Lipinski definition) is 1. The number of rotatable bonds is 5. The molecule has 1 saturated heterocycles. The maximum absolute atomic E-state index is 12.6. The number of nitrogens with one attached hydrogen (secondary N) is 1. The normalized spacial score (nSPS) is 15.8. The van der Waals surface area contributed by atoms with Crippen molar-refractivity contribution in [2.75, 3.05) is 23.3 Å². The average molecular weight is 324 g/mol. The number of aromatic nitrogens is 2. The van der Waals surface area contributed by atoms with E-state index in [9.17, 15) is 4.79 Å². The van der Waals surface area contributed by atoms with E-state index in [2.05, 4.69) is 20.2 Å². The van der Waals surface area contributed by atoms with Crippen LogP contribution in [0, 0.1) is 0 Å². The van der Waals surface area contributed by atoms with Crippen LogP contribution in [0.5, 0.6) is 0 Å². The van der Waals surface area contributed by atoms with Gasteiger partial charge < -0.3 is 10.2 Å². The molecule has 0 radical (unpaired) electrons. The van der Waals surface area contributed by atoms with Gasteiger partial charge in [0.2, 0.25) is 11.9 Å². The Balaban J connectivity index is 1.65. The predicted octanol–water partition coefficient (Wildman–Crippen LogP) is 3.60. The molecule has 5 heteroatoms. The van der Waals surface area contributed by atoms with Crippen molar-refractivity contribution in [2.45, 2.75) is 38.5 Å². The molecule has 24 heavy (non-hydrogen) atoms. The Hall–Kier alpha value is -2.43. The molecule has 2 aromatic rings. The fourth-order valence-corrected chi connectivity index (χ4v) is 3.13. The topological polar surface area (TPSA) is 58.1 Å². The zero-order valence-corrected chi connectivity index (χ0v) is 14.1. The minimum Gasteiger partial charge on any atom is -0.341 e. The van der Waals surface area contributed by atoms with Crippen LogP contribution in [0.25, 0.3) is 0 Å². The molecule has 1 aliphatic heterocycles. The first-order chi connectivity index (χ1) is 11.8. The number of benzene rings is 1. The summed E-state index contributed by atoms with van der Waals surface area (Å²) >= 11 is 0. The van der Waals surface area contributed by atoms with Gasteiger partial charge >= 0.3 is 0 Å². The van der Waals surface area contributed by atoms with Crippen LogP contribution in [0.3, 0.4) is 0 Å². The molecular formula is C19H24N4O. The molecule has 0 bridgehead atoms. The third kappa shape index (κ3) is 3.91. The van der Waals surface area contributed by atoms with Crippen molar-refractivity contribution >= 4 is 17.5 Å². The molecule has 1 aromatic carbocycles. The first-order valence-corrected chi connectivity index (χ1v) is 8.70. The number of nitrogens with zero attached hydrogens (tertiary/aromatic N) is 3. The highest BCUT2D eigenvalue weighted by Gasteiger charge is 2.19. The monoisotopic (exact) mass is 324 g/mol. The quantitative estimate of drug-likeness (QED) is 0.913. The SMILES string of the molecule is CCC(C(=O)Nc1cnc(N2CCCCC2)nc1)c1ccccc1. The molecule has 1 unspecified atom stereocenters. The molecule has 0 aliphatic carbocycles. The first kappa shape index (κ1) is 16.4. The summed E-state index contributed by atoms with van der Waals surface area (Å²) in [6, 6.07) is 9.86. The molecule has 1 aliphatic rings. The Bertz CT molecular complexity index is 651. The number of carbonyl (C=O) groups is 1. The molecule has 1 amide bonds. The second-order valence-corrected chi connectivity index (χ2v) is 6.18. The Morgan fingerprint density at radius 3 is 2.42 bits per heavy atom. The Morgan fingerprint density at radius 1 is 1.12 bits per heavy atom. The van der Waals surface area contributed by atoms with Crippen molar-refractivity contribution in [2.24, 2.45) is 0 Å². The zero-order chi connectivity index (χ0) is 16.8. The third-order valence-corrected chi connectivity index (χ3v) is 4.47. The van der Waals surface area contributed by atoms with Crippen molar-refractivity contribution < 1.29 is 4.79 Å². The van der Waals surface area contributed by atoms with Crippen LogP contribution >= 0.6 is 0 Å². The summed E-state index contributed by atoms with van der Waals surface area (Å²) < 4.78 is 0. The van der Waals surface area contributed by atoms with E-state index in [0.29, 0.717) is 5.69 Å². The van der Waals surface area contributed by atoms with Crippen molar-refractivity contribution in [1.82, 2.24) is 9.97 Å². The lowest BCUT2D eigenvalue weighted by Crippen LogP contribution is -2.31. The van der Waals surface area contributed by atoms with Crippen LogP contribution in [-0.2, 0) is 4.79 Å². The van der Waals surface area contributed by atoms with Gasteiger partial charge in [0, 0.05) is 13.1 Å². The number of hydrogen-bond acceptors (Lipinski definition) is 4. The summed E-state index contributed by atoms with van der Waals surface area (Å²) in [5.74, 6) is 0.578. The summed E-state index contributed by atoms with van der Waals surface area (Å²) in [4.78, 5) is 23.6. The summed E-state index contributed by atoms with van der Waals surface area (Å²) in [7, 11) is 0. The fraction of sp³-hybridized carbons (Fsp3) is 0.421. The molecule has 126 valence electrons. The van der Waals surface area contributed by atoms with Gasteiger partial charge in [-0.05, 0) is 31.2 Å². The van der Waals surface area contributed by atoms with Crippen LogP contribution in [0.15, 0.2) is 42.7 Å². The largest absolute Gasteiger partial charge is 0.341 e. The van der Waals surface area contributed by atoms with Gasteiger partial charge in [-0.15, -0.1) is 0 Å². The van der Waals surface area contributed by atoms with Crippen LogP contribution in [0.1, 0.15) is 44.1 Å². The summed E-state index contributed by atoms with van der Waals surface area (Å²) in [5, 5.41) is 2.94. The number of amides is 1. The summed E-state index contributed by atoms with van der Waals surface area (Å²) in [5.41, 5.74) is 1.68. The van der Waals surface area contributed by atoms with Gasteiger partial charge in [0.15, 0.2) is 0 Å². The molecule has 1 aromatic heterocycles. The van der Waals surface area contributed by atoms with E-state index in [1.807, 2.05) is 37.3 Å². The molecule has 0 spiro atoms. The van der Waals surface area contributed by atoms with E-state index in [-0.39, 0.29) is 11.8 Å². The predicted molar refractivity (Wildman–Crippen MR) is 96.2 cm³/mol. The summed E-state index contributed by atoms with van der Waals surface area (Å²) in [6.45, 7) is 4.04.